The molecule has 196 valence electrons. The molecular weight excluding hydrogens is 436 g/mol. The number of fused-ring (bicyclic) bond motifs is 7. The van der Waals surface area contributed by atoms with Crippen molar-refractivity contribution in [3.05, 3.63) is 11.6 Å². The normalized spacial score (nSPS) is 50.5. The van der Waals surface area contributed by atoms with Crippen molar-refractivity contribution in [3.63, 3.8) is 0 Å². The summed E-state index contributed by atoms with van der Waals surface area (Å²) in [6, 6.07) is 0. The number of allylic oxidation sites excluding steroid dienone is 2. The van der Waals surface area contributed by atoms with E-state index in [4.69, 9.17) is 4.74 Å². The monoisotopic (exact) mass is 484 g/mol. The van der Waals surface area contributed by atoms with Gasteiger partial charge in [0.1, 0.15) is 0 Å². The molecule has 9 atom stereocenters. The first-order chi connectivity index (χ1) is 16.2. The highest BCUT2D eigenvalue weighted by Gasteiger charge is 2.69. The summed E-state index contributed by atoms with van der Waals surface area (Å²) in [5, 5.41) is 10.9. The minimum absolute atomic E-state index is 0.0454. The van der Waals surface area contributed by atoms with E-state index in [1.165, 1.54) is 25.3 Å². The largest absolute Gasteiger partial charge is 0.393 e. The maximum Gasteiger partial charge on any atom is 0.320 e. The molecule has 35 heavy (non-hydrogen) atoms. The van der Waals surface area contributed by atoms with Crippen LogP contribution >= 0.6 is 0 Å². The van der Waals surface area contributed by atoms with Gasteiger partial charge in [0.15, 0.2) is 0 Å². The van der Waals surface area contributed by atoms with Gasteiger partial charge in [-0.15, -0.1) is 0 Å². The van der Waals surface area contributed by atoms with Crippen molar-refractivity contribution in [3.8, 4) is 0 Å². The van der Waals surface area contributed by atoms with Crippen LogP contribution in [0.25, 0.3) is 0 Å². The Balaban J connectivity index is 1.57. The van der Waals surface area contributed by atoms with E-state index in [2.05, 4.69) is 47.6 Å². The highest BCUT2D eigenvalue weighted by Crippen LogP contribution is 2.75. The third kappa shape index (κ3) is 3.26. The Morgan fingerprint density at radius 3 is 2.34 bits per heavy atom. The number of hydrogen-bond donors (Lipinski definition) is 1. The van der Waals surface area contributed by atoms with Crippen molar-refractivity contribution in [2.24, 2.45) is 50.7 Å². The van der Waals surface area contributed by atoms with Crippen molar-refractivity contribution in [2.75, 3.05) is 0 Å². The van der Waals surface area contributed by atoms with Crippen molar-refractivity contribution in [2.45, 2.75) is 119 Å². The minimum atomic E-state index is -0.537. The van der Waals surface area contributed by atoms with Gasteiger partial charge in [-0.25, -0.2) is 0 Å². The average Bonchev–Trinajstić information content (AvgIpc) is 2.76. The summed E-state index contributed by atoms with van der Waals surface area (Å²) in [5.74, 6) is 1.15. The van der Waals surface area contributed by atoms with Crippen LogP contribution in [-0.4, -0.2) is 23.1 Å². The molecule has 1 N–H and O–H groups in total. The third-order valence-corrected chi connectivity index (χ3v) is 13.0. The van der Waals surface area contributed by atoms with E-state index in [1.54, 1.807) is 0 Å². The fourth-order valence-corrected chi connectivity index (χ4v) is 10.7. The summed E-state index contributed by atoms with van der Waals surface area (Å²) in [4.78, 5) is 25.2. The van der Waals surface area contributed by atoms with Crippen molar-refractivity contribution >= 4 is 11.9 Å². The first-order valence-electron chi connectivity index (χ1n) is 14.3. The highest BCUT2D eigenvalue weighted by atomic mass is 16.6. The number of carbonyl (C=O) groups is 2. The number of aliphatic hydroxyl groups is 1. The lowest BCUT2D eigenvalue weighted by molar-refractivity contribution is -0.205. The van der Waals surface area contributed by atoms with Crippen LogP contribution in [0.1, 0.15) is 113 Å². The average molecular weight is 485 g/mol. The summed E-state index contributed by atoms with van der Waals surface area (Å²) >= 11 is 0. The summed E-state index contributed by atoms with van der Waals surface area (Å²) in [6.07, 6.45) is 12.5. The molecule has 9 unspecified atom stereocenters. The fraction of sp³-hybridized carbons (Fsp3) is 0.871. The van der Waals surface area contributed by atoms with Crippen LogP contribution < -0.4 is 0 Å². The van der Waals surface area contributed by atoms with Gasteiger partial charge in [0.05, 0.1) is 11.5 Å². The first kappa shape index (κ1) is 25.5. The second-order valence-corrected chi connectivity index (χ2v) is 14.6. The number of ether oxygens (including phenoxy) is 1. The molecule has 0 spiro atoms. The van der Waals surface area contributed by atoms with Crippen LogP contribution in [-0.2, 0) is 14.3 Å². The maximum absolute atomic E-state index is 13.5. The number of aliphatic hydroxyl groups excluding tert-OH is 1. The smallest absolute Gasteiger partial charge is 0.320 e. The highest BCUT2D eigenvalue weighted by molar-refractivity contribution is 5.88. The molecular formula is C31H48O4. The number of carbonyl (C=O) groups excluding carboxylic acids is 2. The van der Waals surface area contributed by atoms with Gasteiger partial charge in [-0.05, 0) is 110 Å². The molecule has 0 aromatic heterocycles. The van der Waals surface area contributed by atoms with Crippen molar-refractivity contribution < 1.29 is 19.4 Å². The van der Waals surface area contributed by atoms with Gasteiger partial charge >= 0.3 is 11.9 Å². The molecule has 0 saturated heterocycles. The van der Waals surface area contributed by atoms with Crippen LogP contribution in [0.2, 0.25) is 0 Å². The van der Waals surface area contributed by atoms with Gasteiger partial charge in [-0.3, -0.25) is 9.59 Å². The van der Waals surface area contributed by atoms with Gasteiger partial charge in [0.25, 0.3) is 0 Å². The SMILES string of the molecule is CC(=O)OC(=O)C12CCC(C)CC1C1=CCC3C4(C)CCC(O)C(C)(C)C4CCC3(C)C1(C)CC2. The second-order valence-electron chi connectivity index (χ2n) is 14.6. The van der Waals surface area contributed by atoms with Crippen LogP contribution in [0.15, 0.2) is 11.6 Å². The molecule has 4 saturated carbocycles. The Kier molecular flexibility index (Phi) is 5.77. The Morgan fingerprint density at radius 2 is 1.66 bits per heavy atom. The summed E-state index contributed by atoms with van der Waals surface area (Å²) in [7, 11) is 0. The molecule has 4 heteroatoms. The topological polar surface area (TPSA) is 63.6 Å². The van der Waals surface area contributed by atoms with E-state index in [0.717, 1.165) is 51.4 Å². The molecule has 5 aliphatic carbocycles. The Morgan fingerprint density at radius 1 is 0.943 bits per heavy atom. The van der Waals surface area contributed by atoms with Crippen LogP contribution in [0.4, 0.5) is 0 Å². The molecule has 0 radical (unpaired) electrons. The zero-order valence-corrected chi connectivity index (χ0v) is 23.2. The molecule has 0 heterocycles. The minimum Gasteiger partial charge on any atom is -0.393 e. The molecule has 0 aliphatic heterocycles. The fourth-order valence-electron chi connectivity index (χ4n) is 10.7. The number of esters is 2. The molecule has 4 fully saturated rings. The zero-order valence-electron chi connectivity index (χ0n) is 23.2. The molecule has 5 rings (SSSR count). The summed E-state index contributed by atoms with van der Waals surface area (Å²) in [5.41, 5.74) is 1.39. The molecule has 0 bridgehead atoms. The van der Waals surface area contributed by atoms with Gasteiger partial charge in [0, 0.05) is 6.92 Å². The van der Waals surface area contributed by atoms with E-state index >= 15 is 0 Å². The standard InChI is InChI=1S/C31H48O4/c1-19-10-15-31(26(34)35-20(2)32)17-16-29(6)21(22(31)18-19)8-9-24-28(5)13-12-25(33)27(3,4)23(28)11-14-30(24,29)7/h8,19,22-25,33H,9-18H2,1-7H3. The quantitative estimate of drug-likeness (QED) is 0.251. The lowest BCUT2D eigenvalue weighted by Gasteiger charge is -2.71. The molecule has 0 aromatic carbocycles. The first-order valence-corrected chi connectivity index (χ1v) is 14.3. The molecule has 0 aromatic rings. The van der Waals surface area contributed by atoms with E-state index in [1.807, 2.05) is 0 Å². The summed E-state index contributed by atoms with van der Waals surface area (Å²) < 4.78 is 5.32. The molecule has 0 amide bonds. The molecule has 5 aliphatic rings. The van der Waals surface area contributed by atoms with Gasteiger partial charge in [-0.1, -0.05) is 53.2 Å². The van der Waals surface area contributed by atoms with Gasteiger partial charge < -0.3 is 9.84 Å². The van der Waals surface area contributed by atoms with Crippen molar-refractivity contribution in [1.29, 1.82) is 0 Å². The lowest BCUT2D eigenvalue weighted by atomic mass is 9.34. The van der Waals surface area contributed by atoms with E-state index < -0.39 is 11.4 Å². The van der Waals surface area contributed by atoms with E-state index in [0.29, 0.717) is 17.8 Å². The van der Waals surface area contributed by atoms with E-state index in [-0.39, 0.29) is 39.7 Å². The van der Waals surface area contributed by atoms with Gasteiger partial charge in [0.2, 0.25) is 0 Å². The maximum atomic E-state index is 13.5. The van der Waals surface area contributed by atoms with Crippen LogP contribution in [0.5, 0.6) is 0 Å². The summed E-state index contributed by atoms with van der Waals surface area (Å²) in [6.45, 7) is 15.9. The second kappa shape index (κ2) is 7.92. The lowest BCUT2D eigenvalue weighted by Crippen LogP contribution is -2.65. The molecule has 4 nitrogen and oxygen atoms in total. The zero-order chi connectivity index (χ0) is 25.6. The Labute approximate surface area is 212 Å². The van der Waals surface area contributed by atoms with Crippen LogP contribution in [0.3, 0.4) is 0 Å². The van der Waals surface area contributed by atoms with Crippen LogP contribution in [0, 0.1) is 50.7 Å². The van der Waals surface area contributed by atoms with Gasteiger partial charge in [-0.2, -0.15) is 0 Å². The third-order valence-electron chi connectivity index (χ3n) is 13.0. The number of rotatable bonds is 1. The predicted molar refractivity (Wildman–Crippen MR) is 137 cm³/mol. The predicted octanol–water partition coefficient (Wildman–Crippen LogP) is 6.85. The van der Waals surface area contributed by atoms with E-state index in [9.17, 15) is 14.7 Å². The Bertz CT molecular complexity index is 950. The number of hydrogen-bond acceptors (Lipinski definition) is 4. The Hall–Kier alpha value is -1.16. The van der Waals surface area contributed by atoms with Crippen molar-refractivity contribution in [1.82, 2.24) is 0 Å².